The molecule has 1 aliphatic carbocycles. The molecular formula is C17H25NO2. The molecule has 0 unspecified atom stereocenters. The summed E-state index contributed by atoms with van der Waals surface area (Å²) in [5.41, 5.74) is 1.28. The van der Waals surface area contributed by atoms with Gasteiger partial charge in [0.25, 0.3) is 0 Å². The van der Waals surface area contributed by atoms with Crippen molar-refractivity contribution in [2.45, 2.75) is 45.4 Å². The van der Waals surface area contributed by atoms with Gasteiger partial charge >= 0.3 is 0 Å². The van der Waals surface area contributed by atoms with E-state index in [0.717, 1.165) is 44.1 Å². The fraction of sp³-hybridized carbons (Fsp3) is 0.588. The van der Waals surface area contributed by atoms with Gasteiger partial charge in [0, 0.05) is 13.0 Å². The largest absolute Gasteiger partial charge is 0.493 e. The molecule has 0 bridgehead atoms. The van der Waals surface area contributed by atoms with Gasteiger partial charge in [-0.1, -0.05) is 19.1 Å². The first-order chi connectivity index (χ1) is 9.78. The van der Waals surface area contributed by atoms with Crippen molar-refractivity contribution in [2.75, 3.05) is 13.2 Å². The number of aryl methyl sites for hydroxylation is 1. The quantitative estimate of drug-likeness (QED) is 0.702. The molecule has 0 aliphatic heterocycles. The SMILES string of the molecule is CCCC(=O)NCCCc1cccc(OCC2CC2)c1. The van der Waals surface area contributed by atoms with Crippen LogP contribution in [0.2, 0.25) is 0 Å². The van der Waals surface area contributed by atoms with Crippen LogP contribution in [-0.4, -0.2) is 19.1 Å². The average molecular weight is 275 g/mol. The van der Waals surface area contributed by atoms with Crippen LogP contribution in [0.5, 0.6) is 5.75 Å². The molecule has 1 amide bonds. The van der Waals surface area contributed by atoms with Gasteiger partial charge < -0.3 is 10.1 Å². The second kappa shape index (κ2) is 7.93. The van der Waals surface area contributed by atoms with Crippen molar-refractivity contribution in [1.29, 1.82) is 0 Å². The summed E-state index contributed by atoms with van der Waals surface area (Å²) in [4.78, 5) is 11.3. The Morgan fingerprint density at radius 1 is 1.40 bits per heavy atom. The molecule has 0 heterocycles. The molecule has 1 aliphatic rings. The summed E-state index contributed by atoms with van der Waals surface area (Å²) in [6.45, 7) is 3.63. The van der Waals surface area contributed by atoms with E-state index in [1.54, 1.807) is 0 Å². The normalized spacial score (nSPS) is 14.1. The minimum absolute atomic E-state index is 0.161. The second-order valence-electron chi connectivity index (χ2n) is 5.61. The molecule has 0 spiro atoms. The van der Waals surface area contributed by atoms with Crippen molar-refractivity contribution in [3.63, 3.8) is 0 Å². The van der Waals surface area contributed by atoms with E-state index in [0.29, 0.717) is 6.42 Å². The van der Waals surface area contributed by atoms with Crippen molar-refractivity contribution in [3.05, 3.63) is 29.8 Å². The smallest absolute Gasteiger partial charge is 0.219 e. The lowest BCUT2D eigenvalue weighted by molar-refractivity contribution is -0.121. The van der Waals surface area contributed by atoms with E-state index < -0.39 is 0 Å². The van der Waals surface area contributed by atoms with Crippen LogP contribution < -0.4 is 10.1 Å². The van der Waals surface area contributed by atoms with Crippen LogP contribution >= 0.6 is 0 Å². The monoisotopic (exact) mass is 275 g/mol. The molecule has 0 atom stereocenters. The summed E-state index contributed by atoms with van der Waals surface area (Å²) in [6.07, 6.45) is 6.12. The minimum atomic E-state index is 0.161. The van der Waals surface area contributed by atoms with Crippen LogP contribution in [0.15, 0.2) is 24.3 Å². The van der Waals surface area contributed by atoms with Gasteiger partial charge in [-0.2, -0.15) is 0 Å². The Labute approximate surface area is 121 Å². The number of amides is 1. The fourth-order valence-electron chi connectivity index (χ4n) is 2.13. The summed E-state index contributed by atoms with van der Waals surface area (Å²) in [5, 5.41) is 2.95. The van der Waals surface area contributed by atoms with Crippen LogP contribution in [-0.2, 0) is 11.2 Å². The number of ether oxygens (including phenoxy) is 1. The zero-order valence-corrected chi connectivity index (χ0v) is 12.4. The number of hydrogen-bond acceptors (Lipinski definition) is 2. The Morgan fingerprint density at radius 3 is 3.00 bits per heavy atom. The third-order valence-electron chi connectivity index (χ3n) is 3.52. The molecule has 0 saturated heterocycles. The highest BCUT2D eigenvalue weighted by Crippen LogP contribution is 2.29. The average Bonchev–Trinajstić information content (AvgIpc) is 3.26. The number of nitrogens with one attached hydrogen (secondary N) is 1. The minimum Gasteiger partial charge on any atom is -0.493 e. The molecule has 2 rings (SSSR count). The summed E-state index contributed by atoms with van der Waals surface area (Å²) in [6, 6.07) is 8.32. The van der Waals surface area contributed by atoms with Crippen molar-refractivity contribution < 1.29 is 9.53 Å². The van der Waals surface area contributed by atoms with Crippen molar-refractivity contribution in [3.8, 4) is 5.75 Å². The highest BCUT2D eigenvalue weighted by molar-refractivity contribution is 5.75. The third kappa shape index (κ3) is 5.64. The van der Waals surface area contributed by atoms with E-state index in [-0.39, 0.29) is 5.91 Å². The maximum Gasteiger partial charge on any atom is 0.219 e. The lowest BCUT2D eigenvalue weighted by atomic mass is 10.1. The third-order valence-corrected chi connectivity index (χ3v) is 3.52. The molecule has 1 N–H and O–H groups in total. The number of carbonyl (C=O) groups is 1. The standard InChI is InChI=1S/C17H25NO2/c1-2-5-17(19)18-11-4-7-14-6-3-8-16(12-14)20-13-15-9-10-15/h3,6,8,12,15H,2,4-5,7,9-11,13H2,1H3,(H,18,19). The zero-order chi connectivity index (χ0) is 14.2. The molecule has 20 heavy (non-hydrogen) atoms. The maximum atomic E-state index is 11.3. The van der Waals surface area contributed by atoms with Gasteiger partial charge in [0.05, 0.1) is 6.61 Å². The van der Waals surface area contributed by atoms with Gasteiger partial charge in [-0.05, 0) is 55.7 Å². The van der Waals surface area contributed by atoms with Crippen molar-refractivity contribution in [1.82, 2.24) is 5.32 Å². The predicted octanol–water partition coefficient (Wildman–Crippen LogP) is 3.32. The topological polar surface area (TPSA) is 38.3 Å². The van der Waals surface area contributed by atoms with E-state index in [4.69, 9.17) is 4.74 Å². The van der Waals surface area contributed by atoms with Gasteiger partial charge in [0.2, 0.25) is 5.91 Å². The maximum absolute atomic E-state index is 11.3. The molecule has 1 aromatic rings. The number of rotatable bonds is 9. The number of carbonyl (C=O) groups excluding carboxylic acids is 1. The van der Waals surface area contributed by atoms with Gasteiger partial charge in [-0.15, -0.1) is 0 Å². The molecule has 1 saturated carbocycles. The molecular weight excluding hydrogens is 250 g/mol. The molecule has 110 valence electrons. The Hall–Kier alpha value is -1.51. The Bertz CT molecular complexity index is 427. The van der Waals surface area contributed by atoms with E-state index in [9.17, 15) is 4.79 Å². The summed E-state index contributed by atoms with van der Waals surface area (Å²) >= 11 is 0. The summed E-state index contributed by atoms with van der Waals surface area (Å²) < 4.78 is 5.78. The first-order valence-corrected chi connectivity index (χ1v) is 7.76. The lowest BCUT2D eigenvalue weighted by Crippen LogP contribution is -2.24. The first kappa shape index (κ1) is 14.9. The van der Waals surface area contributed by atoms with Crippen LogP contribution in [0.4, 0.5) is 0 Å². The van der Waals surface area contributed by atoms with Crippen LogP contribution in [0, 0.1) is 5.92 Å². The zero-order valence-electron chi connectivity index (χ0n) is 12.4. The van der Waals surface area contributed by atoms with Gasteiger partial charge in [-0.25, -0.2) is 0 Å². The number of benzene rings is 1. The predicted molar refractivity (Wildman–Crippen MR) is 80.9 cm³/mol. The highest BCUT2D eigenvalue weighted by atomic mass is 16.5. The lowest BCUT2D eigenvalue weighted by Gasteiger charge is -2.08. The van der Waals surface area contributed by atoms with Gasteiger partial charge in [-0.3, -0.25) is 4.79 Å². The molecule has 3 heteroatoms. The van der Waals surface area contributed by atoms with E-state index in [1.165, 1.54) is 18.4 Å². The van der Waals surface area contributed by atoms with Crippen LogP contribution in [0.25, 0.3) is 0 Å². The Kier molecular flexibility index (Phi) is 5.90. The molecule has 0 aromatic heterocycles. The van der Waals surface area contributed by atoms with Crippen LogP contribution in [0.1, 0.15) is 44.6 Å². The summed E-state index contributed by atoms with van der Waals surface area (Å²) in [5.74, 6) is 1.92. The Balaban J connectivity index is 1.66. The first-order valence-electron chi connectivity index (χ1n) is 7.76. The molecule has 3 nitrogen and oxygen atoms in total. The van der Waals surface area contributed by atoms with Gasteiger partial charge in [0.15, 0.2) is 0 Å². The Morgan fingerprint density at radius 2 is 2.25 bits per heavy atom. The molecule has 0 radical (unpaired) electrons. The summed E-state index contributed by atoms with van der Waals surface area (Å²) in [7, 11) is 0. The number of hydrogen-bond donors (Lipinski definition) is 1. The van der Waals surface area contributed by atoms with Crippen molar-refractivity contribution in [2.24, 2.45) is 5.92 Å². The molecule has 1 fully saturated rings. The molecule has 1 aromatic carbocycles. The van der Waals surface area contributed by atoms with E-state index >= 15 is 0 Å². The van der Waals surface area contributed by atoms with Crippen LogP contribution in [0.3, 0.4) is 0 Å². The van der Waals surface area contributed by atoms with Gasteiger partial charge in [0.1, 0.15) is 5.75 Å². The highest BCUT2D eigenvalue weighted by Gasteiger charge is 2.21. The van der Waals surface area contributed by atoms with E-state index in [2.05, 4.69) is 17.4 Å². The van der Waals surface area contributed by atoms with E-state index in [1.807, 2.05) is 19.1 Å². The second-order valence-corrected chi connectivity index (χ2v) is 5.61. The fourth-order valence-corrected chi connectivity index (χ4v) is 2.13. The van der Waals surface area contributed by atoms with Crippen molar-refractivity contribution >= 4 is 5.91 Å².